The maximum atomic E-state index is 11.3. The van der Waals surface area contributed by atoms with Gasteiger partial charge in [0.2, 0.25) is 0 Å². The van der Waals surface area contributed by atoms with Crippen LogP contribution in [0.3, 0.4) is 0 Å². The van der Waals surface area contributed by atoms with E-state index in [1.165, 1.54) is 0 Å². The number of primary amides is 1. The molecule has 0 aromatic heterocycles. The molecule has 0 saturated heterocycles. The molecule has 0 fully saturated rings. The Bertz CT molecular complexity index is 404. The molecule has 0 aliphatic heterocycles. The summed E-state index contributed by atoms with van der Waals surface area (Å²) in [4.78, 5) is 21.8. The topological polar surface area (TPSA) is 81.4 Å². The van der Waals surface area contributed by atoms with E-state index < -0.39 is 18.0 Å². The van der Waals surface area contributed by atoms with Gasteiger partial charge >= 0.3 is 6.03 Å². The van der Waals surface area contributed by atoms with Crippen molar-refractivity contribution < 1.29 is 14.3 Å². The Labute approximate surface area is 93.6 Å². The lowest BCUT2D eigenvalue weighted by atomic mass is 10.2. The standard InChI is InChI=1S/C11H14N2O3/c1-7-5-3-4-6-9(7)16-8(2)10(14)13-11(12)15/h3-6,8H,1-2H3,(H3,12,13,14,15)/t8-/m1/s1. The molecule has 3 N–H and O–H groups in total. The summed E-state index contributed by atoms with van der Waals surface area (Å²) in [6.45, 7) is 3.42. The van der Waals surface area contributed by atoms with Crippen LogP contribution in [0.1, 0.15) is 12.5 Å². The van der Waals surface area contributed by atoms with Crippen molar-refractivity contribution in [3.63, 3.8) is 0 Å². The zero-order valence-corrected chi connectivity index (χ0v) is 9.19. The third kappa shape index (κ3) is 3.27. The minimum absolute atomic E-state index is 0.559. The van der Waals surface area contributed by atoms with Crippen LogP contribution >= 0.6 is 0 Å². The van der Waals surface area contributed by atoms with E-state index in [4.69, 9.17) is 10.5 Å². The highest BCUT2D eigenvalue weighted by Crippen LogP contribution is 2.17. The molecule has 0 heterocycles. The van der Waals surface area contributed by atoms with Crippen LogP contribution in [0.4, 0.5) is 4.79 Å². The van der Waals surface area contributed by atoms with Crippen molar-refractivity contribution >= 4 is 11.9 Å². The summed E-state index contributed by atoms with van der Waals surface area (Å²) in [5.41, 5.74) is 5.75. The average molecular weight is 222 g/mol. The van der Waals surface area contributed by atoms with E-state index in [2.05, 4.69) is 0 Å². The highest BCUT2D eigenvalue weighted by Gasteiger charge is 2.16. The van der Waals surface area contributed by atoms with Gasteiger partial charge in [-0.3, -0.25) is 10.1 Å². The number of imide groups is 1. The third-order valence-corrected chi connectivity index (χ3v) is 2.01. The number of carbonyl (C=O) groups is 2. The third-order valence-electron chi connectivity index (χ3n) is 2.01. The molecule has 5 nitrogen and oxygen atoms in total. The summed E-state index contributed by atoms with van der Waals surface area (Å²) in [5.74, 6) is 0.0466. The van der Waals surface area contributed by atoms with Crippen molar-refractivity contribution in [2.24, 2.45) is 5.73 Å². The lowest BCUT2D eigenvalue weighted by molar-refractivity contribution is -0.126. The number of nitrogens with two attached hydrogens (primary N) is 1. The number of rotatable bonds is 3. The SMILES string of the molecule is Cc1ccccc1O[C@H](C)C(=O)NC(N)=O. The van der Waals surface area contributed by atoms with E-state index in [1.54, 1.807) is 19.1 Å². The van der Waals surface area contributed by atoms with Crippen molar-refractivity contribution in [1.82, 2.24) is 5.32 Å². The molecular weight excluding hydrogens is 208 g/mol. The van der Waals surface area contributed by atoms with Gasteiger partial charge in [-0.05, 0) is 25.5 Å². The van der Waals surface area contributed by atoms with Crippen LogP contribution in [0.2, 0.25) is 0 Å². The fourth-order valence-electron chi connectivity index (χ4n) is 1.16. The second-order valence-electron chi connectivity index (χ2n) is 3.38. The largest absolute Gasteiger partial charge is 0.481 e. The predicted octanol–water partition coefficient (Wildman–Crippen LogP) is 0.957. The van der Waals surface area contributed by atoms with Gasteiger partial charge in [0.15, 0.2) is 6.10 Å². The molecule has 1 rings (SSSR count). The van der Waals surface area contributed by atoms with Gasteiger partial charge in [0, 0.05) is 0 Å². The van der Waals surface area contributed by atoms with E-state index in [1.807, 2.05) is 24.4 Å². The number of para-hydroxylation sites is 1. The van der Waals surface area contributed by atoms with Gasteiger partial charge in [-0.15, -0.1) is 0 Å². The monoisotopic (exact) mass is 222 g/mol. The first-order valence-corrected chi connectivity index (χ1v) is 4.83. The molecule has 16 heavy (non-hydrogen) atoms. The van der Waals surface area contributed by atoms with Crippen LogP contribution in [0.25, 0.3) is 0 Å². The molecule has 0 aliphatic rings. The highest BCUT2D eigenvalue weighted by molar-refractivity contribution is 5.95. The lowest BCUT2D eigenvalue weighted by Gasteiger charge is -2.14. The number of benzene rings is 1. The summed E-state index contributed by atoms with van der Waals surface area (Å²) in [6, 6.07) is 6.42. The van der Waals surface area contributed by atoms with Crippen LogP contribution < -0.4 is 15.8 Å². The molecule has 0 unspecified atom stereocenters. The fourth-order valence-corrected chi connectivity index (χ4v) is 1.16. The zero-order valence-electron chi connectivity index (χ0n) is 9.19. The lowest BCUT2D eigenvalue weighted by Crippen LogP contribution is -2.42. The molecule has 1 aromatic carbocycles. The molecule has 0 saturated carbocycles. The number of hydrogen-bond donors (Lipinski definition) is 2. The Hall–Kier alpha value is -2.04. The first-order chi connectivity index (χ1) is 7.50. The molecule has 0 spiro atoms. The van der Waals surface area contributed by atoms with Gasteiger partial charge in [0.25, 0.3) is 5.91 Å². The van der Waals surface area contributed by atoms with Crippen LogP contribution in [-0.2, 0) is 4.79 Å². The Balaban J connectivity index is 2.64. The van der Waals surface area contributed by atoms with Gasteiger partial charge in [-0.1, -0.05) is 18.2 Å². The van der Waals surface area contributed by atoms with Gasteiger partial charge < -0.3 is 10.5 Å². The second-order valence-corrected chi connectivity index (χ2v) is 3.38. The maximum Gasteiger partial charge on any atom is 0.318 e. The molecule has 0 radical (unpaired) electrons. The van der Waals surface area contributed by atoms with Crippen LogP contribution in [-0.4, -0.2) is 18.0 Å². The summed E-state index contributed by atoms with van der Waals surface area (Å²) < 4.78 is 5.39. The normalized spacial score (nSPS) is 11.6. The van der Waals surface area contributed by atoms with E-state index in [0.29, 0.717) is 5.75 Å². The number of nitrogens with one attached hydrogen (secondary N) is 1. The van der Waals surface area contributed by atoms with Crippen molar-refractivity contribution in [1.29, 1.82) is 0 Å². The Morgan fingerprint density at radius 3 is 2.56 bits per heavy atom. The summed E-state index contributed by atoms with van der Waals surface area (Å²) in [7, 11) is 0. The van der Waals surface area contributed by atoms with E-state index in [9.17, 15) is 9.59 Å². The van der Waals surface area contributed by atoms with E-state index in [-0.39, 0.29) is 0 Å². The van der Waals surface area contributed by atoms with Gasteiger partial charge in [0.1, 0.15) is 5.75 Å². The summed E-state index contributed by atoms with van der Waals surface area (Å²) >= 11 is 0. The first kappa shape index (κ1) is 12.0. The van der Waals surface area contributed by atoms with E-state index >= 15 is 0 Å². The Morgan fingerprint density at radius 1 is 1.38 bits per heavy atom. The molecule has 0 bridgehead atoms. The second kappa shape index (κ2) is 5.16. The van der Waals surface area contributed by atoms with Crippen molar-refractivity contribution in [3.05, 3.63) is 29.8 Å². The molecule has 86 valence electrons. The molecule has 5 heteroatoms. The number of aryl methyl sites for hydroxylation is 1. The molecular formula is C11H14N2O3. The average Bonchev–Trinajstić information content (AvgIpc) is 2.20. The van der Waals surface area contributed by atoms with Crippen molar-refractivity contribution in [2.75, 3.05) is 0 Å². The number of amides is 3. The molecule has 0 aliphatic carbocycles. The summed E-state index contributed by atoms with van der Waals surface area (Å²) in [5, 5.41) is 1.96. The van der Waals surface area contributed by atoms with Crippen molar-refractivity contribution in [2.45, 2.75) is 20.0 Å². The minimum Gasteiger partial charge on any atom is -0.481 e. The highest BCUT2D eigenvalue weighted by atomic mass is 16.5. The van der Waals surface area contributed by atoms with Crippen LogP contribution in [0.15, 0.2) is 24.3 Å². The number of ether oxygens (including phenoxy) is 1. The number of hydrogen-bond acceptors (Lipinski definition) is 3. The van der Waals surface area contributed by atoms with Crippen molar-refractivity contribution in [3.8, 4) is 5.75 Å². The fraction of sp³-hybridized carbons (Fsp3) is 0.273. The van der Waals surface area contributed by atoms with Gasteiger partial charge in [0.05, 0.1) is 0 Å². The first-order valence-electron chi connectivity index (χ1n) is 4.83. The van der Waals surface area contributed by atoms with Gasteiger partial charge in [-0.25, -0.2) is 4.79 Å². The Kier molecular flexibility index (Phi) is 3.88. The zero-order chi connectivity index (χ0) is 12.1. The quantitative estimate of drug-likeness (QED) is 0.799. The minimum atomic E-state index is -0.884. The van der Waals surface area contributed by atoms with Gasteiger partial charge in [-0.2, -0.15) is 0 Å². The van der Waals surface area contributed by atoms with Crippen LogP contribution in [0.5, 0.6) is 5.75 Å². The van der Waals surface area contributed by atoms with Crippen LogP contribution in [0, 0.1) is 6.92 Å². The number of carbonyl (C=O) groups excluding carboxylic acids is 2. The van der Waals surface area contributed by atoms with E-state index in [0.717, 1.165) is 5.56 Å². The maximum absolute atomic E-state index is 11.3. The smallest absolute Gasteiger partial charge is 0.318 e. The summed E-state index contributed by atoms with van der Waals surface area (Å²) in [6.07, 6.45) is -0.770. The number of urea groups is 1. The molecule has 3 amide bonds. The predicted molar refractivity (Wildman–Crippen MR) is 59.0 cm³/mol. The Morgan fingerprint density at radius 2 is 2.00 bits per heavy atom. The molecule has 1 aromatic rings. The molecule has 1 atom stereocenters.